The number of hydrogen-bond donors (Lipinski definition) is 1. The Morgan fingerprint density at radius 3 is 2.48 bits per heavy atom. The smallest absolute Gasteiger partial charge is 0.416 e. The number of carbonyl (C=O) groups excluding carboxylic acids is 1. The van der Waals surface area contributed by atoms with Crippen molar-refractivity contribution in [2.24, 2.45) is 0 Å². The van der Waals surface area contributed by atoms with Crippen molar-refractivity contribution >= 4 is 6.03 Å². The number of halogens is 3. The molecule has 21 heavy (non-hydrogen) atoms. The summed E-state index contributed by atoms with van der Waals surface area (Å²) < 4.78 is 42.7. The third-order valence-electron chi connectivity index (χ3n) is 3.15. The summed E-state index contributed by atoms with van der Waals surface area (Å²) in [6.45, 7) is 3.47. The zero-order valence-electron chi connectivity index (χ0n) is 11.6. The summed E-state index contributed by atoms with van der Waals surface area (Å²) in [4.78, 5) is 13.2. The summed E-state index contributed by atoms with van der Waals surface area (Å²) in [5, 5.41) is 2.75. The van der Waals surface area contributed by atoms with Crippen molar-refractivity contribution in [3.8, 4) is 5.75 Å². The van der Waals surface area contributed by atoms with E-state index in [1.54, 1.807) is 4.90 Å². The molecule has 4 nitrogen and oxygen atoms in total. The Morgan fingerprint density at radius 2 is 1.95 bits per heavy atom. The van der Waals surface area contributed by atoms with Gasteiger partial charge in [0.05, 0.1) is 18.7 Å². The number of amides is 2. The van der Waals surface area contributed by atoms with Gasteiger partial charge in [-0.1, -0.05) is 6.92 Å². The fourth-order valence-electron chi connectivity index (χ4n) is 1.94. The van der Waals surface area contributed by atoms with Gasteiger partial charge in [0, 0.05) is 6.54 Å². The van der Waals surface area contributed by atoms with Crippen molar-refractivity contribution in [3.63, 3.8) is 0 Å². The van der Waals surface area contributed by atoms with E-state index in [4.69, 9.17) is 4.74 Å². The molecular weight excluding hydrogens is 285 g/mol. The molecule has 1 saturated heterocycles. The second kappa shape index (κ2) is 6.24. The first-order valence-electron chi connectivity index (χ1n) is 6.77. The van der Waals surface area contributed by atoms with E-state index < -0.39 is 11.7 Å². The number of nitrogens with one attached hydrogen (secondary N) is 1. The molecule has 0 spiro atoms. The van der Waals surface area contributed by atoms with Crippen LogP contribution in [0.15, 0.2) is 24.3 Å². The lowest BCUT2D eigenvalue weighted by Gasteiger charge is -2.38. The van der Waals surface area contributed by atoms with Gasteiger partial charge in [0.15, 0.2) is 0 Å². The Morgan fingerprint density at radius 1 is 1.33 bits per heavy atom. The minimum atomic E-state index is -4.34. The average molecular weight is 302 g/mol. The monoisotopic (exact) mass is 302 g/mol. The van der Waals surface area contributed by atoms with Crippen molar-refractivity contribution in [1.82, 2.24) is 10.2 Å². The van der Waals surface area contributed by atoms with Gasteiger partial charge in [0.25, 0.3) is 0 Å². The molecule has 0 aliphatic carbocycles. The highest BCUT2D eigenvalue weighted by atomic mass is 19.4. The normalized spacial score (nSPS) is 15.5. The molecule has 0 radical (unpaired) electrons. The van der Waals surface area contributed by atoms with Crippen LogP contribution in [0.4, 0.5) is 18.0 Å². The first kappa shape index (κ1) is 15.5. The van der Waals surface area contributed by atoms with E-state index in [0.29, 0.717) is 25.4 Å². The summed E-state index contributed by atoms with van der Waals surface area (Å²) in [7, 11) is 0. The van der Waals surface area contributed by atoms with Crippen molar-refractivity contribution in [1.29, 1.82) is 0 Å². The van der Waals surface area contributed by atoms with Crippen molar-refractivity contribution in [2.45, 2.75) is 25.6 Å². The third-order valence-corrected chi connectivity index (χ3v) is 3.15. The molecule has 0 bridgehead atoms. The van der Waals surface area contributed by atoms with Crippen molar-refractivity contribution in [2.75, 3.05) is 19.6 Å². The van der Waals surface area contributed by atoms with Crippen LogP contribution in [0.1, 0.15) is 18.9 Å². The molecule has 1 aromatic carbocycles. The number of urea groups is 1. The summed E-state index contributed by atoms with van der Waals surface area (Å²) in [6, 6.07) is 4.43. The van der Waals surface area contributed by atoms with Crippen LogP contribution in [0.2, 0.25) is 0 Å². The molecule has 2 rings (SSSR count). The molecule has 7 heteroatoms. The maximum atomic E-state index is 12.4. The molecule has 2 amide bonds. The Hall–Kier alpha value is -1.92. The largest absolute Gasteiger partial charge is 0.487 e. The molecule has 1 fully saturated rings. The predicted molar refractivity (Wildman–Crippen MR) is 71.1 cm³/mol. The van der Waals surface area contributed by atoms with Crippen LogP contribution < -0.4 is 10.1 Å². The van der Waals surface area contributed by atoms with E-state index in [1.165, 1.54) is 12.1 Å². The van der Waals surface area contributed by atoms with Gasteiger partial charge in [0.1, 0.15) is 11.9 Å². The van der Waals surface area contributed by atoms with Gasteiger partial charge in [-0.15, -0.1) is 0 Å². The summed E-state index contributed by atoms with van der Waals surface area (Å²) >= 11 is 0. The number of rotatable bonds is 4. The van der Waals surface area contributed by atoms with Gasteiger partial charge in [0.2, 0.25) is 0 Å². The number of benzene rings is 1. The van der Waals surface area contributed by atoms with Gasteiger partial charge in [-0.05, 0) is 30.7 Å². The molecule has 1 heterocycles. The second-order valence-corrected chi connectivity index (χ2v) is 4.90. The van der Waals surface area contributed by atoms with E-state index in [1.807, 2.05) is 6.92 Å². The van der Waals surface area contributed by atoms with Gasteiger partial charge in [-0.25, -0.2) is 4.79 Å². The fraction of sp³-hybridized carbons (Fsp3) is 0.500. The number of ether oxygens (including phenoxy) is 1. The molecule has 1 N–H and O–H groups in total. The lowest BCUT2D eigenvalue weighted by Crippen LogP contribution is -2.58. The number of likely N-dealkylation sites (tertiary alicyclic amines) is 1. The quantitative estimate of drug-likeness (QED) is 0.929. The highest BCUT2D eigenvalue weighted by Crippen LogP contribution is 2.30. The third kappa shape index (κ3) is 4.03. The number of nitrogens with zero attached hydrogens (tertiary/aromatic N) is 1. The zero-order valence-corrected chi connectivity index (χ0v) is 11.6. The van der Waals surface area contributed by atoms with E-state index in [9.17, 15) is 18.0 Å². The SMILES string of the molecule is CCCNC(=O)N1CC(Oc2ccc(C(F)(F)F)cc2)C1. The molecule has 0 aromatic heterocycles. The van der Waals surface area contributed by atoms with Crippen LogP contribution in [-0.2, 0) is 6.18 Å². The minimum absolute atomic E-state index is 0.135. The zero-order chi connectivity index (χ0) is 15.5. The highest BCUT2D eigenvalue weighted by molar-refractivity contribution is 5.75. The molecular formula is C14H17F3N2O2. The van der Waals surface area contributed by atoms with Gasteiger partial charge in [-0.2, -0.15) is 13.2 Å². The van der Waals surface area contributed by atoms with E-state index >= 15 is 0 Å². The van der Waals surface area contributed by atoms with Crippen molar-refractivity contribution < 1.29 is 22.7 Å². The standard InChI is InChI=1S/C14H17F3N2O2/c1-2-7-18-13(20)19-8-12(9-19)21-11-5-3-10(4-6-11)14(15,16)17/h3-6,12H,2,7-9H2,1H3,(H,18,20). The van der Waals surface area contributed by atoms with Crippen LogP contribution in [0.3, 0.4) is 0 Å². The van der Waals surface area contributed by atoms with E-state index in [0.717, 1.165) is 18.6 Å². The van der Waals surface area contributed by atoms with Crippen LogP contribution >= 0.6 is 0 Å². The molecule has 0 unspecified atom stereocenters. The maximum absolute atomic E-state index is 12.4. The van der Waals surface area contributed by atoms with Crippen molar-refractivity contribution in [3.05, 3.63) is 29.8 Å². The predicted octanol–water partition coefficient (Wildman–Crippen LogP) is 2.89. The van der Waals surface area contributed by atoms with Gasteiger partial charge < -0.3 is 15.0 Å². The van der Waals surface area contributed by atoms with Gasteiger partial charge >= 0.3 is 12.2 Å². The van der Waals surface area contributed by atoms with Crippen LogP contribution in [0, 0.1) is 0 Å². The van der Waals surface area contributed by atoms with E-state index in [2.05, 4.69) is 5.32 Å². The Bertz CT molecular complexity index is 482. The summed E-state index contributed by atoms with van der Waals surface area (Å²) in [5.41, 5.74) is -0.705. The fourth-order valence-corrected chi connectivity index (χ4v) is 1.94. The first-order valence-corrected chi connectivity index (χ1v) is 6.77. The minimum Gasteiger partial charge on any atom is -0.487 e. The molecule has 1 aliphatic rings. The van der Waals surface area contributed by atoms with Crippen LogP contribution in [0.5, 0.6) is 5.75 Å². The molecule has 116 valence electrons. The number of hydrogen-bond acceptors (Lipinski definition) is 2. The van der Waals surface area contributed by atoms with Gasteiger partial charge in [-0.3, -0.25) is 0 Å². The lowest BCUT2D eigenvalue weighted by atomic mass is 10.1. The average Bonchev–Trinajstić information content (AvgIpc) is 2.39. The summed E-state index contributed by atoms with van der Waals surface area (Å²) in [6.07, 6.45) is -3.65. The number of alkyl halides is 3. The Labute approximate surface area is 120 Å². The summed E-state index contributed by atoms with van der Waals surface area (Å²) in [5.74, 6) is 0.376. The number of carbonyl (C=O) groups is 1. The second-order valence-electron chi connectivity index (χ2n) is 4.90. The molecule has 1 aromatic rings. The first-order chi connectivity index (χ1) is 9.90. The lowest BCUT2D eigenvalue weighted by molar-refractivity contribution is -0.137. The van der Waals surface area contributed by atoms with E-state index in [-0.39, 0.29) is 12.1 Å². The molecule has 0 saturated carbocycles. The maximum Gasteiger partial charge on any atom is 0.416 e. The topological polar surface area (TPSA) is 41.6 Å². The van der Waals surface area contributed by atoms with Crippen LogP contribution in [0.25, 0.3) is 0 Å². The molecule has 0 atom stereocenters. The Kier molecular flexibility index (Phi) is 4.59. The Balaban J connectivity index is 1.79. The van der Waals surface area contributed by atoms with Crippen LogP contribution in [-0.4, -0.2) is 36.7 Å². The molecule has 1 aliphatic heterocycles. The highest BCUT2D eigenvalue weighted by Gasteiger charge is 2.33.